The fourth-order valence-corrected chi connectivity index (χ4v) is 3.32. The average Bonchev–Trinajstić information content (AvgIpc) is 2.90. The van der Waals surface area contributed by atoms with E-state index in [1.54, 1.807) is 13.8 Å². The van der Waals surface area contributed by atoms with Gasteiger partial charge in [0.2, 0.25) is 5.91 Å². The van der Waals surface area contributed by atoms with E-state index in [-0.39, 0.29) is 18.0 Å². The number of aryl methyl sites for hydroxylation is 2. The Kier molecular flexibility index (Phi) is 5.94. The van der Waals surface area contributed by atoms with Crippen LogP contribution in [0.1, 0.15) is 27.4 Å². The molecule has 0 unspecified atom stereocenters. The van der Waals surface area contributed by atoms with Crippen LogP contribution < -0.4 is 10.6 Å². The molecule has 0 aliphatic carbocycles. The van der Waals surface area contributed by atoms with E-state index in [1.165, 1.54) is 18.2 Å². The van der Waals surface area contributed by atoms with Crippen molar-refractivity contribution in [2.24, 2.45) is 0 Å². The van der Waals surface area contributed by atoms with Gasteiger partial charge in [-0.15, -0.1) is 0 Å². The van der Waals surface area contributed by atoms with E-state index < -0.39 is 11.7 Å². The smallest absolute Gasteiger partial charge is 0.260 e. The number of carbonyl (C=O) groups is 2. The second-order valence-electron chi connectivity index (χ2n) is 6.26. The van der Waals surface area contributed by atoms with Gasteiger partial charge in [-0.25, -0.2) is 4.39 Å². The van der Waals surface area contributed by atoms with Crippen LogP contribution in [-0.2, 0) is 11.2 Å². The van der Waals surface area contributed by atoms with Crippen LogP contribution in [0.15, 0.2) is 57.4 Å². The summed E-state index contributed by atoms with van der Waals surface area (Å²) in [5.41, 5.74) is 1.54. The molecule has 0 spiro atoms. The van der Waals surface area contributed by atoms with Crippen LogP contribution in [0.5, 0.6) is 0 Å². The van der Waals surface area contributed by atoms with Crippen molar-refractivity contribution in [2.75, 3.05) is 10.6 Å². The number of nitrogens with one attached hydrogen (secondary N) is 2. The maximum absolute atomic E-state index is 14.1. The lowest BCUT2D eigenvalue weighted by Gasteiger charge is -2.10. The molecule has 28 heavy (non-hydrogen) atoms. The summed E-state index contributed by atoms with van der Waals surface area (Å²) < 4.78 is 20.1. The Labute approximate surface area is 170 Å². The first kappa shape index (κ1) is 19.8. The minimum Gasteiger partial charge on any atom is -0.465 e. The van der Waals surface area contributed by atoms with Gasteiger partial charge in [-0.2, -0.15) is 0 Å². The number of rotatable bonds is 5. The van der Waals surface area contributed by atoms with Crippen molar-refractivity contribution in [1.82, 2.24) is 0 Å². The average molecular weight is 445 g/mol. The highest BCUT2D eigenvalue weighted by Gasteiger charge is 2.20. The lowest BCUT2D eigenvalue weighted by molar-refractivity contribution is -0.115. The van der Waals surface area contributed by atoms with Crippen LogP contribution in [0.4, 0.5) is 15.8 Å². The monoisotopic (exact) mass is 444 g/mol. The van der Waals surface area contributed by atoms with Crippen LogP contribution in [0, 0.1) is 19.7 Å². The Morgan fingerprint density at radius 2 is 1.75 bits per heavy atom. The van der Waals surface area contributed by atoms with Gasteiger partial charge in [0, 0.05) is 5.69 Å². The summed E-state index contributed by atoms with van der Waals surface area (Å²) in [5, 5.41) is 5.24. The number of amides is 2. The largest absolute Gasteiger partial charge is 0.465 e. The molecule has 0 saturated heterocycles. The van der Waals surface area contributed by atoms with Gasteiger partial charge in [0.05, 0.1) is 22.1 Å². The van der Waals surface area contributed by atoms with E-state index >= 15 is 0 Å². The molecule has 5 nitrogen and oxygen atoms in total. The molecule has 0 bridgehead atoms. The van der Waals surface area contributed by atoms with Crippen molar-refractivity contribution in [3.8, 4) is 0 Å². The molecule has 1 heterocycles. The van der Waals surface area contributed by atoms with Crippen LogP contribution >= 0.6 is 15.9 Å². The Hall–Kier alpha value is -2.93. The Balaban J connectivity index is 1.74. The topological polar surface area (TPSA) is 71.3 Å². The van der Waals surface area contributed by atoms with Crippen molar-refractivity contribution in [1.29, 1.82) is 0 Å². The van der Waals surface area contributed by atoms with E-state index in [2.05, 4.69) is 26.6 Å². The molecule has 7 heteroatoms. The van der Waals surface area contributed by atoms with Gasteiger partial charge in [-0.3, -0.25) is 9.59 Å². The third kappa shape index (κ3) is 4.48. The van der Waals surface area contributed by atoms with Crippen LogP contribution in [0.3, 0.4) is 0 Å². The molecule has 0 aliphatic heterocycles. The molecule has 3 aromatic rings. The number of benzene rings is 2. The summed E-state index contributed by atoms with van der Waals surface area (Å²) in [7, 11) is 0. The second-order valence-corrected chi connectivity index (χ2v) is 7.06. The fraction of sp³-hybridized carbons (Fsp3) is 0.143. The van der Waals surface area contributed by atoms with E-state index in [1.807, 2.05) is 30.3 Å². The number of anilines is 2. The molecule has 1 aromatic heterocycles. The molecule has 0 saturated carbocycles. The normalized spacial score (nSPS) is 10.6. The molecule has 2 N–H and O–H groups in total. The van der Waals surface area contributed by atoms with Crippen molar-refractivity contribution >= 4 is 39.1 Å². The van der Waals surface area contributed by atoms with Gasteiger partial charge in [0.25, 0.3) is 5.91 Å². The van der Waals surface area contributed by atoms with Gasteiger partial charge in [-0.05, 0) is 53.5 Å². The van der Waals surface area contributed by atoms with E-state index in [4.69, 9.17) is 4.42 Å². The zero-order valence-electron chi connectivity index (χ0n) is 15.3. The molecule has 0 fully saturated rings. The SMILES string of the molecule is Cc1oc(C)c(C(=O)Nc2ccc(F)c(NC(=O)Cc3ccccc3)c2)c1Br. The summed E-state index contributed by atoms with van der Waals surface area (Å²) in [5.74, 6) is -0.265. The molecular weight excluding hydrogens is 427 g/mol. The first-order valence-corrected chi connectivity index (χ1v) is 9.34. The summed E-state index contributed by atoms with van der Waals surface area (Å²) in [4.78, 5) is 24.7. The standard InChI is InChI=1S/C21H18BrFN2O3/c1-12-19(20(22)13(2)28-12)21(27)24-15-8-9-16(23)17(11-15)25-18(26)10-14-6-4-3-5-7-14/h3-9,11H,10H2,1-2H3,(H,24,27)(H,25,26). The third-order valence-corrected chi connectivity index (χ3v) is 5.07. The van der Waals surface area contributed by atoms with E-state index in [9.17, 15) is 14.0 Å². The van der Waals surface area contributed by atoms with E-state index in [0.717, 1.165) is 5.56 Å². The molecule has 2 aromatic carbocycles. The lowest BCUT2D eigenvalue weighted by Crippen LogP contribution is -2.16. The maximum atomic E-state index is 14.1. The third-order valence-electron chi connectivity index (χ3n) is 4.12. The zero-order valence-corrected chi connectivity index (χ0v) is 16.9. The van der Waals surface area contributed by atoms with Crippen molar-refractivity contribution in [3.05, 3.63) is 81.5 Å². The Morgan fingerprint density at radius 1 is 1.04 bits per heavy atom. The van der Waals surface area contributed by atoms with Crippen LogP contribution in [0.25, 0.3) is 0 Å². The summed E-state index contributed by atoms with van der Waals surface area (Å²) in [6, 6.07) is 13.2. The Morgan fingerprint density at radius 3 is 2.39 bits per heavy atom. The fourth-order valence-electron chi connectivity index (χ4n) is 2.78. The first-order chi connectivity index (χ1) is 13.3. The molecule has 2 amide bonds. The minimum absolute atomic E-state index is 0.00195. The highest BCUT2D eigenvalue weighted by molar-refractivity contribution is 9.10. The summed E-state index contributed by atoms with van der Waals surface area (Å²) in [6.07, 6.45) is 0.122. The highest BCUT2D eigenvalue weighted by Crippen LogP contribution is 2.28. The van der Waals surface area contributed by atoms with Crippen molar-refractivity contribution < 1.29 is 18.4 Å². The molecule has 3 rings (SSSR count). The zero-order chi connectivity index (χ0) is 20.3. The number of hydrogen-bond acceptors (Lipinski definition) is 3. The molecule has 144 valence electrons. The Bertz CT molecular complexity index is 1030. The predicted molar refractivity (Wildman–Crippen MR) is 109 cm³/mol. The first-order valence-electron chi connectivity index (χ1n) is 8.55. The quantitative estimate of drug-likeness (QED) is 0.565. The number of carbonyl (C=O) groups excluding carboxylic acids is 2. The van der Waals surface area contributed by atoms with Gasteiger partial charge >= 0.3 is 0 Å². The van der Waals surface area contributed by atoms with Gasteiger partial charge in [0.1, 0.15) is 17.3 Å². The minimum atomic E-state index is -0.587. The van der Waals surface area contributed by atoms with E-state index in [0.29, 0.717) is 27.2 Å². The second kappa shape index (κ2) is 8.39. The van der Waals surface area contributed by atoms with Gasteiger partial charge < -0.3 is 15.1 Å². The molecule has 0 radical (unpaired) electrons. The number of halogens is 2. The predicted octanol–water partition coefficient (Wildman–Crippen LogP) is 5.23. The van der Waals surface area contributed by atoms with Gasteiger partial charge in [0.15, 0.2) is 0 Å². The highest BCUT2D eigenvalue weighted by atomic mass is 79.9. The number of hydrogen-bond donors (Lipinski definition) is 2. The summed E-state index contributed by atoms with van der Waals surface area (Å²) >= 11 is 3.33. The molecule has 0 aliphatic rings. The van der Waals surface area contributed by atoms with Crippen LogP contribution in [-0.4, -0.2) is 11.8 Å². The number of furan rings is 1. The van der Waals surface area contributed by atoms with Gasteiger partial charge in [-0.1, -0.05) is 30.3 Å². The lowest BCUT2D eigenvalue weighted by atomic mass is 10.1. The molecule has 0 atom stereocenters. The van der Waals surface area contributed by atoms with Crippen molar-refractivity contribution in [2.45, 2.75) is 20.3 Å². The summed E-state index contributed by atoms with van der Waals surface area (Å²) in [6.45, 7) is 3.43. The van der Waals surface area contributed by atoms with Crippen molar-refractivity contribution in [3.63, 3.8) is 0 Å². The maximum Gasteiger partial charge on any atom is 0.260 e. The molecular formula is C21H18BrFN2O3. The van der Waals surface area contributed by atoms with Crippen LogP contribution in [0.2, 0.25) is 0 Å².